The van der Waals surface area contributed by atoms with Gasteiger partial charge in [0.05, 0.1) is 6.54 Å². The molecule has 1 aromatic rings. The van der Waals surface area contributed by atoms with E-state index >= 15 is 0 Å². The van der Waals surface area contributed by atoms with Crippen molar-refractivity contribution in [1.82, 2.24) is 4.90 Å². The van der Waals surface area contributed by atoms with Gasteiger partial charge in [-0.2, -0.15) is 0 Å². The molecule has 0 amide bonds. The fourth-order valence-corrected chi connectivity index (χ4v) is 3.84. The molecular formula is C19H29N3O2. The first kappa shape index (κ1) is 16.9. The summed E-state index contributed by atoms with van der Waals surface area (Å²) < 4.78 is 11.4. The van der Waals surface area contributed by atoms with Crippen molar-refractivity contribution in [2.24, 2.45) is 10.7 Å². The molecule has 2 N–H and O–H groups in total. The number of nitrogens with two attached hydrogens (primary N) is 1. The average Bonchev–Trinajstić information content (AvgIpc) is 3.11. The van der Waals surface area contributed by atoms with E-state index < -0.39 is 0 Å². The van der Waals surface area contributed by atoms with Crippen LogP contribution in [0.1, 0.15) is 45.1 Å². The van der Waals surface area contributed by atoms with Gasteiger partial charge in [-0.3, -0.25) is 4.99 Å². The Kier molecular flexibility index (Phi) is 5.17. The number of nitrogens with zero attached hydrogens (tertiary/aromatic N) is 2. The number of ether oxygens (including phenoxy) is 2. The summed E-state index contributed by atoms with van der Waals surface area (Å²) in [5.74, 6) is 2.37. The molecule has 0 atom stereocenters. The Labute approximate surface area is 144 Å². The van der Waals surface area contributed by atoms with E-state index in [1.165, 1.54) is 18.4 Å². The second-order valence-electron chi connectivity index (χ2n) is 6.69. The molecule has 0 spiro atoms. The van der Waals surface area contributed by atoms with Crippen LogP contribution in [0.3, 0.4) is 0 Å². The molecule has 1 heterocycles. The van der Waals surface area contributed by atoms with Gasteiger partial charge in [0, 0.05) is 18.5 Å². The van der Waals surface area contributed by atoms with Crippen molar-refractivity contribution in [3.8, 4) is 11.5 Å². The quantitative estimate of drug-likeness (QED) is 0.666. The molecule has 2 aliphatic rings. The highest BCUT2D eigenvalue weighted by atomic mass is 16.6. The SMILES string of the molecule is CCN(CC)C(N)=NCC1(c2ccc3c(c2)OCCO3)CCCC1. The van der Waals surface area contributed by atoms with Gasteiger partial charge >= 0.3 is 0 Å². The van der Waals surface area contributed by atoms with Crippen LogP contribution in [-0.2, 0) is 5.41 Å². The van der Waals surface area contributed by atoms with Crippen molar-refractivity contribution in [1.29, 1.82) is 0 Å². The van der Waals surface area contributed by atoms with Crippen LogP contribution in [0.2, 0.25) is 0 Å². The molecule has 5 nitrogen and oxygen atoms in total. The van der Waals surface area contributed by atoms with Gasteiger partial charge in [-0.05, 0) is 44.4 Å². The topological polar surface area (TPSA) is 60.1 Å². The van der Waals surface area contributed by atoms with Gasteiger partial charge in [0.15, 0.2) is 17.5 Å². The summed E-state index contributed by atoms with van der Waals surface area (Å²) in [6, 6.07) is 6.38. The summed E-state index contributed by atoms with van der Waals surface area (Å²) in [5, 5.41) is 0. The molecule has 5 heteroatoms. The van der Waals surface area contributed by atoms with Crippen molar-refractivity contribution < 1.29 is 9.47 Å². The molecule has 0 saturated heterocycles. The van der Waals surface area contributed by atoms with Gasteiger partial charge in [0.2, 0.25) is 0 Å². The number of hydrogen-bond acceptors (Lipinski definition) is 3. The van der Waals surface area contributed by atoms with Crippen molar-refractivity contribution in [3.63, 3.8) is 0 Å². The Hall–Kier alpha value is -1.91. The molecule has 24 heavy (non-hydrogen) atoms. The Bertz CT molecular complexity index is 590. The summed E-state index contributed by atoms with van der Waals surface area (Å²) in [5.41, 5.74) is 7.58. The lowest BCUT2D eigenvalue weighted by atomic mass is 9.79. The zero-order chi connectivity index (χ0) is 17.0. The lowest BCUT2D eigenvalue weighted by molar-refractivity contribution is 0.171. The molecule has 3 rings (SSSR count). The fourth-order valence-electron chi connectivity index (χ4n) is 3.84. The highest BCUT2D eigenvalue weighted by molar-refractivity contribution is 5.78. The van der Waals surface area contributed by atoms with Crippen LogP contribution < -0.4 is 15.2 Å². The van der Waals surface area contributed by atoms with Crippen LogP contribution in [0, 0.1) is 0 Å². The summed E-state index contributed by atoms with van der Waals surface area (Å²) in [6.07, 6.45) is 4.80. The van der Waals surface area contributed by atoms with E-state index in [4.69, 9.17) is 20.2 Å². The number of hydrogen-bond donors (Lipinski definition) is 1. The van der Waals surface area contributed by atoms with Gasteiger partial charge in [0.25, 0.3) is 0 Å². The van der Waals surface area contributed by atoms with Crippen molar-refractivity contribution in [3.05, 3.63) is 23.8 Å². The van der Waals surface area contributed by atoms with Gasteiger partial charge in [-0.25, -0.2) is 0 Å². The number of guanidine groups is 1. The van der Waals surface area contributed by atoms with E-state index in [2.05, 4.69) is 30.9 Å². The summed E-state index contributed by atoms with van der Waals surface area (Å²) >= 11 is 0. The number of aliphatic imine (C=N–C) groups is 1. The van der Waals surface area contributed by atoms with Gasteiger partial charge in [-0.15, -0.1) is 0 Å². The normalized spacial score (nSPS) is 19.3. The minimum Gasteiger partial charge on any atom is -0.486 e. The van der Waals surface area contributed by atoms with Gasteiger partial charge in [-0.1, -0.05) is 18.9 Å². The second-order valence-corrected chi connectivity index (χ2v) is 6.69. The van der Waals surface area contributed by atoms with Crippen LogP contribution in [0.15, 0.2) is 23.2 Å². The standard InChI is InChI=1S/C19H29N3O2/c1-3-22(4-2)18(20)21-14-19(9-5-6-10-19)15-7-8-16-17(13-15)24-12-11-23-16/h7-8,13H,3-6,9-12,14H2,1-2H3,(H2,20,21). The van der Waals surface area contributed by atoms with E-state index in [-0.39, 0.29) is 5.41 Å². The predicted molar refractivity (Wildman–Crippen MR) is 97.0 cm³/mol. The van der Waals surface area contributed by atoms with E-state index in [1.54, 1.807) is 0 Å². The van der Waals surface area contributed by atoms with Crippen LogP contribution >= 0.6 is 0 Å². The number of rotatable bonds is 5. The predicted octanol–water partition coefficient (Wildman–Crippen LogP) is 2.93. The second kappa shape index (κ2) is 7.32. The smallest absolute Gasteiger partial charge is 0.191 e. The molecule has 0 unspecified atom stereocenters. The number of fused-ring (bicyclic) bond motifs is 1. The van der Waals surface area contributed by atoms with E-state index in [9.17, 15) is 0 Å². The first-order chi connectivity index (χ1) is 11.7. The highest BCUT2D eigenvalue weighted by Crippen LogP contribution is 2.44. The first-order valence-electron chi connectivity index (χ1n) is 9.13. The van der Waals surface area contributed by atoms with Crippen molar-refractivity contribution in [2.75, 3.05) is 32.8 Å². The molecule has 0 radical (unpaired) electrons. The Morgan fingerprint density at radius 3 is 2.46 bits per heavy atom. The monoisotopic (exact) mass is 331 g/mol. The Morgan fingerprint density at radius 2 is 1.79 bits per heavy atom. The fraction of sp³-hybridized carbons (Fsp3) is 0.632. The van der Waals surface area contributed by atoms with Crippen LogP contribution in [0.5, 0.6) is 11.5 Å². The zero-order valence-electron chi connectivity index (χ0n) is 14.9. The maximum atomic E-state index is 6.20. The largest absolute Gasteiger partial charge is 0.486 e. The molecule has 1 aliphatic heterocycles. The highest BCUT2D eigenvalue weighted by Gasteiger charge is 2.36. The van der Waals surface area contributed by atoms with Gasteiger partial charge < -0.3 is 20.1 Å². The molecule has 0 aromatic heterocycles. The molecule has 1 fully saturated rings. The third-order valence-electron chi connectivity index (χ3n) is 5.35. The van der Waals surface area contributed by atoms with E-state index in [1.807, 2.05) is 6.07 Å². The van der Waals surface area contributed by atoms with E-state index in [0.717, 1.165) is 44.0 Å². The lowest BCUT2D eigenvalue weighted by Gasteiger charge is -2.30. The molecule has 1 aliphatic carbocycles. The molecule has 1 aromatic carbocycles. The maximum Gasteiger partial charge on any atom is 0.191 e. The third-order valence-corrected chi connectivity index (χ3v) is 5.35. The first-order valence-corrected chi connectivity index (χ1v) is 9.13. The summed E-state index contributed by atoms with van der Waals surface area (Å²) in [6.45, 7) is 8.00. The number of benzene rings is 1. The summed E-state index contributed by atoms with van der Waals surface area (Å²) in [4.78, 5) is 6.86. The van der Waals surface area contributed by atoms with Crippen LogP contribution in [-0.4, -0.2) is 43.7 Å². The molecular weight excluding hydrogens is 302 g/mol. The zero-order valence-corrected chi connectivity index (χ0v) is 14.9. The van der Waals surface area contributed by atoms with Crippen molar-refractivity contribution >= 4 is 5.96 Å². The van der Waals surface area contributed by atoms with Gasteiger partial charge in [0.1, 0.15) is 13.2 Å². The van der Waals surface area contributed by atoms with E-state index in [0.29, 0.717) is 19.2 Å². The third kappa shape index (κ3) is 3.30. The lowest BCUT2D eigenvalue weighted by Crippen LogP contribution is -2.38. The average molecular weight is 331 g/mol. The summed E-state index contributed by atoms with van der Waals surface area (Å²) in [7, 11) is 0. The molecule has 0 bridgehead atoms. The van der Waals surface area contributed by atoms with Crippen LogP contribution in [0.25, 0.3) is 0 Å². The molecule has 132 valence electrons. The van der Waals surface area contributed by atoms with Crippen LogP contribution in [0.4, 0.5) is 0 Å². The van der Waals surface area contributed by atoms with Crippen molar-refractivity contribution in [2.45, 2.75) is 44.9 Å². The Balaban J connectivity index is 1.85. The minimum atomic E-state index is 0.0770. The molecule has 1 saturated carbocycles. The minimum absolute atomic E-state index is 0.0770. The maximum absolute atomic E-state index is 6.20. The Morgan fingerprint density at radius 1 is 1.12 bits per heavy atom.